The maximum absolute atomic E-state index is 11.6. The number of urea groups is 1. The zero-order valence-electron chi connectivity index (χ0n) is 23.3. The molecule has 6 heteroatoms. The predicted molar refractivity (Wildman–Crippen MR) is 153 cm³/mol. The molecule has 0 aromatic heterocycles. The topological polar surface area (TPSA) is 105 Å². The molecule has 0 aliphatic rings. The van der Waals surface area contributed by atoms with Crippen LogP contribution in [-0.2, 0) is 11.2 Å². The first-order valence-corrected chi connectivity index (χ1v) is 13.2. The number of aryl methyl sites for hydroxylation is 1. The van der Waals surface area contributed by atoms with Crippen LogP contribution in [0.2, 0.25) is 0 Å². The van der Waals surface area contributed by atoms with E-state index < -0.39 is 12.1 Å². The molecule has 0 heterocycles. The third-order valence-corrected chi connectivity index (χ3v) is 6.83. The Bertz CT molecular complexity index is 908. The summed E-state index contributed by atoms with van der Waals surface area (Å²) in [5.74, 6) is 0.562. The molecule has 37 heavy (non-hydrogen) atoms. The minimum atomic E-state index is -0.543. The van der Waals surface area contributed by atoms with Gasteiger partial charge in [-0.05, 0) is 62.6 Å². The molecule has 5 N–H and O–H groups in total. The Labute approximate surface area is 224 Å². The average molecular weight is 513 g/mol. The highest BCUT2D eigenvalue weighted by atomic mass is 16.5. The smallest absolute Gasteiger partial charge is 0.312 e. The fraction of sp³-hybridized carbons (Fsp3) is 0.516. The van der Waals surface area contributed by atoms with E-state index in [2.05, 4.69) is 44.8 Å². The minimum Gasteiger partial charge on any atom is -0.508 e. The van der Waals surface area contributed by atoms with Crippen molar-refractivity contribution < 1.29 is 19.7 Å². The zero-order valence-corrected chi connectivity index (χ0v) is 23.3. The van der Waals surface area contributed by atoms with Gasteiger partial charge in [0.25, 0.3) is 0 Å². The van der Waals surface area contributed by atoms with Crippen molar-refractivity contribution in [3.05, 3.63) is 78.4 Å². The lowest BCUT2D eigenvalue weighted by Crippen LogP contribution is -2.47. The van der Waals surface area contributed by atoms with Crippen LogP contribution >= 0.6 is 0 Å². The summed E-state index contributed by atoms with van der Waals surface area (Å²) in [4.78, 5) is 11.6. The second-order valence-electron chi connectivity index (χ2n) is 10.1. The van der Waals surface area contributed by atoms with Gasteiger partial charge in [-0.2, -0.15) is 0 Å². The fourth-order valence-electron chi connectivity index (χ4n) is 4.89. The van der Waals surface area contributed by atoms with E-state index in [1.807, 2.05) is 37.3 Å². The molecule has 2 amide bonds. The Balaban J connectivity index is 2.64. The third-order valence-electron chi connectivity index (χ3n) is 6.83. The molecular formula is C31H48N2O4. The number of nitrogens with two attached hydrogens (primary N) is 1. The maximum Gasteiger partial charge on any atom is 0.312 e. The lowest BCUT2D eigenvalue weighted by Gasteiger charge is -2.34. The number of hydrogen-bond acceptors (Lipinski definition) is 4. The lowest BCUT2D eigenvalue weighted by molar-refractivity contribution is 0.00618. The number of carbonyl (C=O) groups excluding carboxylic acids is 1. The zero-order chi connectivity index (χ0) is 27.8. The van der Waals surface area contributed by atoms with Crippen LogP contribution in [0.15, 0.2) is 72.9 Å². The van der Waals surface area contributed by atoms with Gasteiger partial charge in [-0.15, -0.1) is 0 Å². The number of phenols is 1. The summed E-state index contributed by atoms with van der Waals surface area (Å²) in [6.07, 6.45) is 15.0. The first-order valence-electron chi connectivity index (χ1n) is 13.2. The summed E-state index contributed by atoms with van der Waals surface area (Å²) in [6, 6.07) is 6.61. The van der Waals surface area contributed by atoms with E-state index in [1.54, 1.807) is 25.3 Å². The summed E-state index contributed by atoms with van der Waals surface area (Å²) in [6.45, 7) is 12.0. The monoisotopic (exact) mass is 512 g/mol. The lowest BCUT2D eigenvalue weighted by atomic mass is 9.83. The number of allylic oxidation sites excluding steroid dienone is 4. The van der Waals surface area contributed by atoms with Gasteiger partial charge in [0.2, 0.25) is 0 Å². The van der Waals surface area contributed by atoms with Crippen LogP contribution in [0.1, 0.15) is 58.9 Å². The molecule has 1 aromatic carbocycles. The van der Waals surface area contributed by atoms with Gasteiger partial charge in [-0.1, -0.05) is 81.5 Å². The van der Waals surface area contributed by atoms with Gasteiger partial charge in [0, 0.05) is 25.0 Å². The van der Waals surface area contributed by atoms with Crippen molar-refractivity contribution in [2.45, 2.75) is 78.0 Å². The number of phenolic OH excluding ortho intramolecular Hbond substituents is 1. The van der Waals surface area contributed by atoms with E-state index in [0.717, 1.165) is 24.8 Å². The number of ether oxygens (including phenoxy) is 1. The van der Waals surface area contributed by atoms with Crippen molar-refractivity contribution >= 4 is 6.03 Å². The number of hydrogen-bond donors (Lipinski definition) is 4. The number of methoxy groups -OCH3 is 1. The second kappa shape index (κ2) is 17.6. The molecule has 6 unspecified atom stereocenters. The van der Waals surface area contributed by atoms with Crippen LogP contribution in [-0.4, -0.2) is 41.6 Å². The normalized spacial score (nSPS) is 17.3. The van der Waals surface area contributed by atoms with Crippen molar-refractivity contribution in [3.8, 4) is 5.75 Å². The van der Waals surface area contributed by atoms with Crippen LogP contribution in [0.3, 0.4) is 0 Å². The number of benzene rings is 1. The Morgan fingerprint density at radius 1 is 1.19 bits per heavy atom. The van der Waals surface area contributed by atoms with Gasteiger partial charge in [0.1, 0.15) is 5.75 Å². The largest absolute Gasteiger partial charge is 0.508 e. The minimum absolute atomic E-state index is 0.0228. The van der Waals surface area contributed by atoms with E-state index in [9.17, 15) is 15.0 Å². The van der Waals surface area contributed by atoms with Gasteiger partial charge in [-0.3, -0.25) is 0 Å². The van der Waals surface area contributed by atoms with Crippen molar-refractivity contribution in [1.29, 1.82) is 0 Å². The fourth-order valence-corrected chi connectivity index (χ4v) is 4.89. The van der Waals surface area contributed by atoms with Gasteiger partial charge < -0.3 is 26.0 Å². The molecule has 0 aliphatic heterocycles. The highest BCUT2D eigenvalue weighted by Crippen LogP contribution is 2.27. The van der Waals surface area contributed by atoms with E-state index in [1.165, 1.54) is 5.57 Å². The van der Waals surface area contributed by atoms with E-state index >= 15 is 0 Å². The van der Waals surface area contributed by atoms with Crippen LogP contribution in [0, 0.1) is 17.8 Å². The summed E-state index contributed by atoms with van der Waals surface area (Å²) < 4.78 is 5.87. The summed E-state index contributed by atoms with van der Waals surface area (Å²) in [7, 11) is 1.71. The summed E-state index contributed by atoms with van der Waals surface area (Å²) in [5, 5.41) is 23.0. The molecule has 1 aromatic rings. The highest BCUT2D eigenvalue weighted by molar-refractivity contribution is 5.72. The standard InChI is InChI=1S/C31H48N2O4/c1-7-8-10-17-28(33-31(32)36)25(5)30(37-6)24(4)20-22(2)19-23(3)29(35)18-12-9-11-14-26-15-13-16-27(34)21-26/h7-10,12-13,15-16,19,21,23-25,28-30,34-35H,1,11,14,17-18,20H2,2-6H3,(H3,32,33,36)/b10-8-,12-9-,22-19-. The quantitative estimate of drug-likeness (QED) is 0.150. The molecule has 0 bridgehead atoms. The molecule has 6 nitrogen and oxygen atoms in total. The van der Waals surface area contributed by atoms with Gasteiger partial charge >= 0.3 is 6.03 Å². The number of primary amides is 1. The van der Waals surface area contributed by atoms with E-state index in [-0.39, 0.29) is 35.6 Å². The first kappa shape index (κ1) is 32.2. The Kier molecular flexibility index (Phi) is 15.3. The first-order chi connectivity index (χ1) is 17.6. The molecule has 0 saturated heterocycles. The van der Waals surface area contributed by atoms with Crippen molar-refractivity contribution in [1.82, 2.24) is 5.32 Å². The Morgan fingerprint density at radius 2 is 1.92 bits per heavy atom. The van der Waals surface area contributed by atoms with Crippen molar-refractivity contribution in [2.75, 3.05) is 7.11 Å². The third kappa shape index (κ3) is 12.8. The number of aromatic hydroxyl groups is 1. The number of rotatable bonds is 17. The molecule has 0 fully saturated rings. The molecule has 0 aliphatic carbocycles. The van der Waals surface area contributed by atoms with Gasteiger partial charge in [0.05, 0.1) is 12.2 Å². The Hall–Kier alpha value is -2.83. The van der Waals surface area contributed by atoms with Crippen molar-refractivity contribution in [3.63, 3.8) is 0 Å². The van der Waals surface area contributed by atoms with Gasteiger partial charge in [-0.25, -0.2) is 4.79 Å². The second-order valence-corrected chi connectivity index (χ2v) is 10.1. The maximum atomic E-state index is 11.6. The molecule has 0 radical (unpaired) electrons. The Morgan fingerprint density at radius 3 is 2.54 bits per heavy atom. The van der Waals surface area contributed by atoms with Crippen molar-refractivity contribution in [2.24, 2.45) is 23.5 Å². The number of carbonyl (C=O) groups is 1. The number of amides is 2. The number of aliphatic hydroxyl groups excluding tert-OH is 1. The van der Waals surface area contributed by atoms with Crippen LogP contribution < -0.4 is 11.1 Å². The summed E-state index contributed by atoms with van der Waals surface area (Å²) in [5.41, 5.74) is 7.72. The predicted octanol–water partition coefficient (Wildman–Crippen LogP) is 6.06. The van der Waals surface area contributed by atoms with Gasteiger partial charge in [0.15, 0.2) is 0 Å². The van der Waals surface area contributed by atoms with E-state index in [0.29, 0.717) is 12.8 Å². The van der Waals surface area contributed by atoms with E-state index in [4.69, 9.17) is 10.5 Å². The number of aliphatic hydroxyl groups is 1. The molecule has 0 spiro atoms. The molecule has 206 valence electrons. The molecule has 1 rings (SSSR count). The van der Waals surface area contributed by atoms with Crippen LogP contribution in [0.5, 0.6) is 5.75 Å². The summed E-state index contributed by atoms with van der Waals surface area (Å²) >= 11 is 0. The number of nitrogens with one attached hydrogen (secondary N) is 1. The SMILES string of the molecule is C=C/C=C\CC(NC(N)=O)C(C)C(OC)C(C)C/C(C)=C\C(C)C(O)C/C=C\CCc1cccc(O)c1. The highest BCUT2D eigenvalue weighted by Gasteiger charge is 2.30. The average Bonchev–Trinajstić information content (AvgIpc) is 2.83. The van der Waals surface area contributed by atoms with Crippen LogP contribution in [0.4, 0.5) is 4.79 Å². The van der Waals surface area contributed by atoms with Crippen LogP contribution in [0.25, 0.3) is 0 Å². The molecule has 0 saturated carbocycles. The molecular weight excluding hydrogens is 464 g/mol. The molecule has 6 atom stereocenters.